The number of rotatable bonds is 3. The maximum Gasteiger partial charge on any atom is 0.261 e. The maximum atomic E-state index is 12.0. The summed E-state index contributed by atoms with van der Waals surface area (Å²) in [4.78, 5) is 15.9. The van der Waals surface area contributed by atoms with Crippen LogP contribution in [-0.2, 0) is 0 Å². The quantitative estimate of drug-likeness (QED) is 0.810. The Morgan fingerprint density at radius 3 is 2.67 bits per heavy atom. The highest BCUT2D eigenvalue weighted by atomic mass is 16.5. The average Bonchev–Trinajstić information content (AvgIpc) is 2.41. The summed E-state index contributed by atoms with van der Waals surface area (Å²) >= 11 is 0. The lowest BCUT2D eigenvalue weighted by Gasteiger charge is -2.08. The molecule has 0 fully saturated rings. The van der Waals surface area contributed by atoms with E-state index in [2.05, 4.69) is 10.3 Å². The van der Waals surface area contributed by atoms with Crippen molar-refractivity contribution in [3.63, 3.8) is 0 Å². The van der Waals surface area contributed by atoms with Gasteiger partial charge in [-0.1, -0.05) is 0 Å². The van der Waals surface area contributed by atoms with Crippen molar-refractivity contribution in [1.82, 2.24) is 4.98 Å². The third-order valence-corrected chi connectivity index (χ3v) is 2.33. The van der Waals surface area contributed by atoms with Crippen molar-refractivity contribution >= 4 is 11.6 Å². The smallest absolute Gasteiger partial charge is 0.261 e. The minimum atomic E-state index is -0.314. The summed E-state index contributed by atoms with van der Waals surface area (Å²) < 4.78 is 5.01. The van der Waals surface area contributed by atoms with Crippen LogP contribution in [-0.4, -0.2) is 23.1 Å². The molecule has 1 aromatic heterocycles. The van der Waals surface area contributed by atoms with Crippen molar-refractivity contribution in [1.29, 1.82) is 0 Å². The lowest BCUT2D eigenvalue weighted by Crippen LogP contribution is -2.13. The number of phenolic OH excluding ortho intramolecular Hbond substituents is 1. The van der Waals surface area contributed by atoms with E-state index in [-0.39, 0.29) is 17.5 Å². The molecule has 1 amide bonds. The summed E-state index contributed by atoms with van der Waals surface area (Å²) in [7, 11) is 1.46. The topological polar surface area (TPSA) is 71.5 Å². The fourth-order valence-corrected chi connectivity index (χ4v) is 1.47. The van der Waals surface area contributed by atoms with Crippen molar-refractivity contribution in [2.45, 2.75) is 0 Å². The van der Waals surface area contributed by atoms with E-state index in [1.807, 2.05) is 0 Å². The molecule has 0 bridgehead atoms. The molecular formula is C13H12N2O3. The Bertz CT molecular complexity index is 552. The Morgan fingerprint density at radius 2 is 2.00 bits per heavy atom. The van der Waals surface area contributed by atoms with Gasteiger partial charge in [-0.05, 0) is 36.4 Å². The molecule has 0 aliphatic carbocycles. The van der Waals surface area contributed by atoms with Crippen molar-refractivity contribution in [2.75, 3.05) is 12.4 Å². The van der Waals surface area contributed by atoms with Gasteiger partial charge in [0.15, 0.2) is 0 Å². The largest absolute Gasteiger partial charge is 0.508 e. The van der Waals surface area contributed by atoms with Gasteiger partial charge in [-0.3, -0.25) is 4.79 Å². The summed E-state index contributed by atoms with van der Waals surface area (Å²) in [5.41, 5.74) is 0.941. The van der Waals surface area contributed by atoms with Gasteiger partial charge in [-0.15, -0.1) is 0 Å². The lowest BCUT2D eigenvalue weighted by atomic mass is 10.2. The molecule has 92 valence electrons. The first-order chi connectivity index (χ1) is 8.70. The molecule has 0 atom stereocenters. The van der Waals surface area contributed by atoms with E-state index in [0.717, 1.165) is 0 Å². The Labute approximate surface area is 104 Å². The molecular weight excluding hydrogens is 232 g/mol. The van der Waals surface area contributed by atoms with Crippen LogP contribution >= 0.6 is 0 Å². The Hall–Kier alpha value is -2.56. The molecule has 2 aromatic rings. The number of amides is 1. The lowest BCUT2D eigenvalue weighted by molar-refractivity contribution is 0.102. The highest BCUT2D eigenvalue weighted by Crippen LogP contribution is 2.18. The van der Waals surface area contributed by atoms with Gasteiger partial charge in [0.1, 0.15) is 11.3 Å². The number of pyridine rings is 1. The van der Waals surface area contributed by atoms with E-state index in [0.29, 0.717) is 11.3 Å². The molecule has 18 heavy (non-hydrogen) atoms. The molecule has 0 saturated carbocycles. The number of hydrogen-bond donors (Lipinski definition) is 2. The minimum absolute atomic E-state index is 0.145. The Kier molecular flexibility index (Phi) is 3.43. The number of ether oxygens (including phenoxy) is 1. The molecule has 0 spiro atoms. The standard InChI is InChI=1S/C13H12N2O3/c1-18-13-11(3-2-8-14-13)12(17)15-9-4-6-10(16)7-5-9/h2-8,16H,1H3,(H,15,17). The molecule has 1 aromatic carbocycles. The summed E-state index contributed by atoms with van der Waals surface area (Å²) in [6.45, 7) is 0. The van der Waals surface area contributed by atoms with Crippen molar-refractivity contribution < 1.29 is 14.6 Å². The fourth-order valence-electron chi connectivity index (χ4n) is 1.47. The van der Waals surface area contributed by atoms with E-state index in [9.17, 15) is 4.79 Å². The second kappa shape index (κ2) is 5.18. The van der Waals surface area contributed by atoms with Crippen molar-refractivity contribution in [3.05, 3.63) is 48.2 Å². The van der Waals surface area contributed by atoms with Crippen LogP contribution in [0.2, 0.25) is 0 Å². The van der Waals surface area contributed by atoms with Gasteiger partial charge in [0.05, 0.1) is 7.11 Å². The maximum absolute atomic E-state index is 12.0. The van der Waals surface area contributed by atoms with E-state index >= 15 is 0 Å². The van der Waals surface area contributed by atoms with Crippen LogP contribution in [0.25, 0.3) is 0 Å². The van der Waals surface area contributed by atoms with Gasteiger partial charge in [-0.2, -0.15) is 0 Å². The first-order valence-corrected chi connectivity index (χ1v) is 5.30. The van der Waals surface area contributed by atoms with Gasteiger partial charge < -0.3 is 15.2 Å². The molecule has 0 radical (unpaired) electrons. The first kappa shape index (κ1) is 11.9. The third-order valence-electron chi connectivity index (χ3n) is 2.33. The van der Waals surface area contributed by atoms with E-state index in [1.54, 1.807) is 30.5 Å². The number of benzene rings is 1. The number of carbonyl (C=O) groups excluding carboxylic acids is 1. The van der Waals surface area contributed by atoms with Crippen LogP contribution in [0.15, 0.2) is 42.6 Å². The molecule has 1 heterocycles. The number of aromatic hydroxyl groups is 1. The van der Waals surface area contributed by atoms with Gasteiger partial charge in [0.2, 0.25) is 5.88 Å². The molecule has 0 saturated heterocycles. The van der Waals surface area contributed by atoms with Crippen LogP contribution in [0.1, 0.15) is 10.4 Å². The summed E-state index contributed by atoms with van der Waals surface area (Å²) in [5, 5.41) is 11.8. The second-order valence-electron chi connectivity index (χ2n) is 3.56. The SMILES string of the molecule is COc1ncccc1C(=O)Nc1ccc(O)cc1. The fraction of sp³-hybridized carbons (Fsp3) is 0.0769. The summed E-state index contributed by atoms with van der Waals surface area (Å²) in [6.07, 6.45) is 1.55. The molecule has 5 nitrogen and oxygen atoms in total. The molecule has 2 rings (SSSR count). The Balaban J connectivity index is 2.19. The zero-order valence-electron chi connectivity index (χ0n) is 9.75. The van der Waals surface area contributed by atoms with E-state index in [4.69, 9.17) is 9.84 Å². The number of aromatic nitrogens is 1. The third kappa shape index (κ3) is 2.57. The number of nitrogens with zero attached hydrogens (tertiary/aromatic N) is 1. The van der Waals surface area contributed by atoms with Gasteiger partial charge in [0.25, 0.3) is 5.91 Å². The Morgan fingerprint density at radius 1 is 1.28 bits per heavy atom. The molecule has 0 aliphatic heterocycles. The number of nitrogens with one attached hydrogen (secondary N) is 1. The zero-order chi connectivity index (χ0) is 13.0. The molecule has 0 unspecified atom stereocenters. The van der Waals surface area contributed by atoms with Crippen molar-refractivity contribution in [2.24, 2.45) is 0 Å². The minimum Gasteiger partial charge on any atom is -0.508 e. The van der Waals surface area contributed by atoms with Gasteiger partial charge in [0, 0.05) is 11.9 Å². The molecule has 2 N–H and O–H groups in total. The highest BCUT2D eigenvalue weighted by Gasteiger charge is 2.12. The molecule has 5 heteroatoms. The van der Waals surface area contributed by atoms with E-state index in [1.165, 1.54) is 19.2 Å². The van der Waals surface area contributed by atoms with Crippen molar-refractivity contribution in [3.8, 4) is 11.6 Å². The van der Waals surface area contributed by atoms with E-state index < -0.39 is 0 Å². The van der Waals surface area contributed by atoms with Crippen LogP contribution < -0.4 is 10.1 Å². The predicted octanol–water partition coefficient (Wildman–Crippen LogP) is 2.05. The predicted molar refractivity (Wildman–Crippen MR) is 66.8 cm³/mol. The zero-order valence-corrected chi connectivity index (χ0v) is 9.75. The number of methoxy groups -OCH3 is 1. The van der Waals surface area contributed by atoms with Gasteiger partial charge in [-0.25, -0.2) is 4.98 Å². The second-order valence-corrected chi connectivity index (χ2v) is 3.56. The number of hydrogen-bond acceptors (Lipinski definition) is 4. The summed E-state index contributed by atoms with van der Waals surface area (Å²) in [5.74, 6) is 0.103. The van der Waals surface area contributed by atoms with Crippen LogP contribution in [0, 0.1) is 0 Å². The normalized spacial score (nSPS) is 9.83. The monoisotopic (exact) mass is 244 g/mol. The van der Waals surface area contributed by atoms with Crippen LogP contribution in [0.5, 0.6) is 11.6 Å². The first-order valence-electron chi connectivity index (χ1n) is 5.30. The van der Waals surface area contributed by atoms with Crippen LogP contribution in [0.4, 0.5) is 5.69 Å². The number of phenols is 1. The molecule has 0 aliphatic rings. The number of carbonyl (C=O) groups is 1. The summed E-state index contributed by atoms with van der Waals surface area (Å²) in [6, 6.07) is 9.49. The number of anilines is 1. The van der Waals surface area contributed by atoms with Gasteiger partial charge >= 0.3 is 0 Å². The van der Waals surface area contributed by atoms with Crippen LogP contribution in [0.3, 0.4) is 0 Å². The average molecular weight is 244 g/mol. The highest BCUT2D eigenvalue weighted by molar-refractivity contribution is 6.05.